The molecule has 0 aromatic heterocycles. The average Bonchev–Trinajstić information content (AvgIpc) is 2.31. The van der Waals surface area contributed by atoms with Crippen LogP contribution in [0.5, 0.6) is 0 Å². The van der Waals surface area contributed by atoms with Gasteiger partial charge >= 0.3 is 0 Å². The van der Waals surface area contributed by atoms with Gasteiger partial charge in [-0.1, -0.05) is 13.3 Å². The molecule has 0 spiro atoms. The van der Waals surface area contributed by atoms with E-state index >= 15 is 0 Å². The van der Waals surface area contributed by atoms with E-state index in [0.29, 0.717) is 0 Å². The van der Waals surface area contributed by atoms with Gasteiger partial charge in [-0.15, -0.1) is 0 Å². The van der Waals surface area contributed by atoms with E-state index in [1.807, 2.05) is 6.92 Å². The number of carbonyl (C=O) groups is 2. The van der Waals surface area contributed by atoms with E-state index in [2.05, 4.69) is 0 Å². The zero-order valence-electron chi connectivity index (χ0n) is 8.02. The van der Waals surface area contributed by atoms with Gasteiger partial charge in [-0.3, -0.25) is 9.59 Å². The molecular formula is C10H16O2. The summed E-state index contributed by atoms with van der Waals surface area (Å²) >= 11 is 0. The predicted molar refractivity (Wildman–Crippen MR) is 46.8 cm³/mol. The molecule has 0 N–H and O–H groups in total. The molecule has 1 unspecified atom stereocenters. The molecule has 0 radical (unpaired) electrons. The van der Waals surface area contributed by atoms with E-state index in [4.69, 9.17) is 0 Å². The fourth-order valence-corrected chi connectivity index (χ4v) is 2.47. The van der Waals surface area contributed by atoms with Crippen LogP contribution < -0.4 is 0 Å². The Morgan fingerprint density at radius 2 is 1.75 bits per heavy atom. The van der Waals surface area contributed by atoms with Gasteiger partial charge in [0.05, 0.1) is 5.41 Å². The summed E-state index contributed by atoms with van der Waals surface area (Å²) in [5, 5.41) is 0. The second kappa shape index (κ2) is 3.00. The number of hydrogen-bond acceptors (Lipinski definition) is 2. The Labute approximate surface area is 73.3 Å². The molecule has 0 heterocycles. The van der Waals surface area contributed by atoms with Crippen LogP contribution in [0.3, 0.4) is 0 Å². The Kier molecular flexibility index (Phi) is 2.36. The number of Topliss-reactive ketones (excluding diaryl/α,β-unsaturated/α-hetero) is 2. The zero-order chi connectivity index (χ0) is 9.35. The highest BCUT2D eigenvalue weighted by Crippen LogP contribution is 2.44. The van der Waals surface area contributed by atoms with Crippen molar-refractivity contribution in [3.8, 4) is 0 Å². The zero-order valence-corrected chi connectivity index (χ0v) is 8.02. The summed E-state index contributed by atoms with van der Waals surface area (Å²) < 4.78 is 0. The lowest BCUT2D eigenvalue weighted by atomic mass is 9.72. The summed E-state index contributed by atoms with van der Waals surface area (Å²) in [6, 6.07) is 0. The third-order valence-electron chi connectivity index (χ3n) is 3.31. The van der Waals surface area contributed by atoms with Gasteiger partial charge in [-0.2, -0.15) is 0 Å². The molecule has 1 aliphatic rings. The first-order valence-corrected chi connectivity index (χ1v) is 4.54. The topological polar surface area (TPSA) is 34.1 Å². The fraction of sp³-hybridized carbons (Fsp3) is 0.800. The van der Waals surface area contributed by atoms with Crippen LogP contribution >= 0.6 is 0 Å². The maximum Gasteiger partial charge on any atom is 0.143 e. The van der Waals surface area contributed by atoms with Crippen molar-refractivity contribution in [1.82, 2.24) is 0 Å². The summed E-state index contributed by atoms with van der Waals surface area (Å²) in [6.45, 7) is 5.10. The summed E-state index contributed by atoms with van der Waals surface area (Å²) in [4.78, 5) is 22.8. The smallest absolute Gasteiger partial charge is 0.143 e. The van der Waals surface area contributed by atoms with Crippen LogP contribution in [0, 0.1) is 11.3 Å². The van der Waals surface area contributed by atoms with Gasteiger partial charge in [0.15, 0.2) is 0 Å². The third kappa shape index (κ3) is 1.10. The van der Waals surface area contributed by atoms with E-state index < -0.39 is 5.41 Å². The Morgan fingerprint density at radius 1 is 1.25 bits per heavy atom. The molecule has 0 amide bonds. The molecule has 1 atom stereocenters. The Morgan fingerprint density at radius 3 is 1.92 bits per heavy atom. The highest BCUT2D eigenvalue weighted by Gasteiger charge is 2.48. The molecule has 1 rings (SSSR count). The molecule has 12 heavy (non-hydrogen) atoms. The lowest BCUT2D eigenvalue weighted by Crippen LogP contribution is -2.38. The lowest BCUT2D eigenvalue weighted by Gasteiger charge is -2.27. The van der Waals surface area contributed by atoms with Crippen molar-refractivity contribution in [3.63, 3.8) is 0 Å². The standard InChI is InChI=1S/C10H16O2/c1-7-5-4-6-10(7,8(2)11)9(3)12/h7H,4-6H2,1-3H3. The fourth-order valence-electron chi connectivity index (χ4n) is 2.47. The highest BCUT2D eigenvalue weighted by atomic mass is 16.2. The summed E-state index contributed by atoms with van der Waals surface area (Å²) in [6.07, 6.45) is 2.79. The molecule has 0 aromatic carbocycles. The Hall–Kier alpha value is -0.660. The summed E-state index contributed by atoms with van der Waals surface area (Å²) in [7, 11) is 0. The van der Waals surface area contributed by atoms with Crippen LogP contribution in [0.15, 0.2) is 0 Å². The molecule has 68 valence electrons. The molecule has 1 saturated carbocycles. The van der Waals surface area contributed by atoms with E-state index in [1.54, 1.807) is 13.8 Å². The van der Waals surface area contributed by atoms with Gasteiger partial charge in [0.2, 0.25) is 0 Å². The molecule has 2 heteroatoms. The van der Waals surface area contributed by atoms with Crippen molar-refractivity contribution in [2.45, 2.75) is 40.0 Å². The SMILES string of the molecule is CC(=O)C1(C(C)=O)CCCC1C. The quantitative estimate of drug-likeness (QED) is 0.591. The van der Waals surface area contributed by atoms with Gasteiger partial charge < -0.3 is 0 Å². The van der Waals surface area contributed by atoms with Crippen molar-refractivity contribution >= 4 is 11.6 Å². The predicted octanol–water partition coefficient (Wildman–Crippen LogP) is 1.97. The molecule has 0 saturated heterocycles. The number of hydrogen-bond donors (Lipinski definition) is 0. The summed E-state index contributed by atoms with van der Waals surface area (Å²) in [5.74, 6) is 0.354. The van der Waals surface area contributed by atoms with E-state index in [9.17, 15) is 9.59 Å². The minimum Gasteiger partial charge on any atom is -0.299 e. The third-order valence-corrected chi connectivity index (χ3v) is 3.31. The van der Waals surface area contributed by atoms with Crippen LogP contribution in [0.4, 0.5) is 0 Å². The van der Waals surface area contributed by atoms with Crippen molar-refractivity contribution in [1.29, 1.82) is 0 Å². The number of carbonyl (C=O) groups excluding carboxylic acids is 2. The second-order valence-electron chi connectivity index (χ2n) is 3.88. The molecule has 1 fully saturated rings. The Balaban J connectivity index is 3.01. The van der Waals surface area contributed by atoms with Crippen molar-refractivity contribution in [3.05, 3.63) is 0 Å². The molecule has 2 nitrogen and oxygen atoms in total. The minimum absolute atomic E-state index is 0.0556. The van der Waals surface area contributed by atoms with Crippen LogP contribution in [-0.2, 0) is 9.59 Å². The maximum absolute atomic E-state index is 11.4. The van der Waals surface area contributed by atoms with Crippen LogP contribution in [0.1, 0.15) is 40.0 Å². The van der Waals surface area contributed by atoms with Gasteiger partial charge in [-0.05, 0) is 32.6 Å². The summed E-state index contributed by atoms with van der Waals surface area (Å²) in [5.41, 5.74) is -0.625. The highest BCUT2D eigenvalue weighted by molar-refractivity contribution is 6.05. The first-order chi connectivity index (χ1) is 5.51. The van der Waals surface area contributed by atoms with Crippen molar-refractivity contribution in [2.75, 3.05) is 0 Å². The van der Waals surface area contributed by atoms with Crippen molar-refractivity contribution < 1.29 is 9.59 Å². The lowest BCUT2D eigenvalue weighted by molar-refractivity contribution is -0.140. The second-order valence-corrected chi connectivity index (χ2v) is 3.88. The van der Waals surface area contributed by atoms with Gasteiger partial charge in [0.1, 0.15) is 11.6 Å². The van der Waals surface area contributed by atoms with Crippen LogP contribution in [0.25, 0.3) is 0 Å². The van der Waals surface area contributed by atoms with Gasteiger partial charge in [0.25, 0.3) is 0 Å². The Bertz CT molecular complexity index is 204. The minimum atomic E-state index is -0.625. The maximum atomic E-state index is 11.4. The molecule has 0 aliphatic heterocycles. The number of rotatable bonds is 2. The van der Waals surface area contributed by atoms with Crippen LogP contribution in [-0.4, -0.2) is 11.6 Å². The molecular weight excluding hydrogens is 152 g/mol. The van der Waals surface area contributed by atoms with E-state index in [-0.39, 0.29) is 17.5 Å². The largest absolute Gasteiger partial charge is 0.299 e. The average molecular weight is 168 g/mol. The van der Waals surface area contributed by atoms with Gasteiger partial charge in [-0.25, -0.2) is 0 Å². The van der Waals surface area contributed by atoms with Gasteiger partial charge in [0, 0.05) is 0 Å². The monoisotopic (exact) mass is 168 g/mol. The van der Waals surface area contributed by atoms with E-state index in [1.165, 1.54) is 0 Å². The van der Waals surface area contributed by atoms with Crippen LogP contribution in [0.2, 0.25) is 0 Å². The molecule has 1 aliphatic carbocycles. The number of ketones is 2. The van der Waals surface area contributed by atoms with E-state index in [0.717, 1.165) is 19.3 Å². The molecule has 0 aromatic rings. The first-order valence-electron chi connectivity index (χ1n) is 4.54. The molecule has 0 bridgehead atoms. The first kappa shape index (κ1) is 9.43. The van der Waals surface area contributed by atoms with Crippen molar-refractivity contribution in [2.24, 2.45) is 11.3 Å². The normalized spacial score (nSPS) is 27.1.